The number of aromatic nitrogens is 3. The van der Waals surface area contributed by atoms with Crippen molar-refractivity contribution in [2.75, 3.05) is 31.6 Å². The molecule has 1 amide bonds. The number of carbonyl (C=O) groups is 1. The number of piperidine rings is 1. The zero-order valence-corrected chi connectivity index (χ0v) is 19.3. The highest BCUT2D eigenvalue weighted by Gasteiger charge is 2.37. The van der Waals surface area contributed by atoms with Gasteiger partial charge in [0.15, 0.2) is 0 Å². The lowest BCUT2D eigenvalue weighted by Gasteiger charge is -2.35. The van der Waals surface area contributed by atoms with Gasteiger partial charge in [-0.3, -0.25) is 4.79 Å². The van der Waals surface area contributed by atoms with E-state index in [1.807, 2.05) is 4.90 Å². The van der Waals surface area contributed by atoms with E-state index in [4.69, 9.17) is 4.74 Å². The Hall–Kier alpha value is -2.93. The molecule has 0 atom stereocenters. The molecular weight excluding hydrogens is 440 g/mol. The van der Waals surface area contributed by atoms with Crippen LogP contribution >= 0.6 is 0 Å². The summed E-state index contributed by atoms with van der Waals surface area (Å²) in [7, 11) is -2.73. The fourth-order valence-electron chi connectivity index (χ4n) is 3.79. The average Bonchev–Trinajstić information content (AvgIpc) is 2.70. The van der Waals surface area contributed by atoms with Gasteiger partial charge in [-0.25, -0.2) is 9.89 Å². The summed E-state index contributed by atoms with van der Waals surface area (Å²) in [4.78, 5) is 30.0. The summed E-state index contributed by atoms with van der Waals surface area (Å²) < 4.78 is 33.2. The van der Waals surface area contributed by atoms with E-state index in [-0.39, 0.29) is 23.9 Å². The van der Waals surface area contributed by atoms with Gasteiger partial charge in [0.05, 0.1) is 18.8 Å². The standard InChI is InChI=1S/C19H28N6O6S/c1-19(2,3)25(18(27)28)32(29,30)21-10-12-5-7-24(8-6-12)14-9-13-11-20-23-16(26)15(13)17(22-14)31-4/h9,11-12,21H,5-8,10H2,1-4H3,(H,23,26)(H,27,28). The highest BCUT2D eigenvalue weighted by molar-refractivity contribution is 7.87. The molecule has 0 aromatic carbocycles. The molecule has 3 heterocycles. The molecule has 32 heavy (non-hydrogen) atoms. The van der Waals surface area contributed by atoms with Crippen LogP contribution in [-0.2, 0) is 10.2 Å². The number of nitrogens with zero attached hydrogens (tertiary/aromatic N) is 4. The van der Waals surface area contributed by atoms with Gasteiger partial charge in [0, 0.05) is 25.0 Å². The quantitative estimate of drug-likeness (QED) is 0.565. The predicted molar refractivity (Wildman–Crippen MR) is 118 cm³/mol. The van der Waals surface area contributed by atoms with Gasteiger partial charge in [-0.05, 0) is 45.6 Å². The van der Waals surface area contributed by atoms with E-state index in [0.29, 0.717) is 46.8 Å². The smallest absolute Gasteiger partial charge is 0.422 e. The maximum atomic E-state index is 12.5. The van der Waals surface area contributed by atoms with Gasteiger partial charge in [-0.1, -0.05) is 0 Å². The molecule has 0 radical (unpaired) electrons. The zero-order valence-electron chi connectivity index (χ0n) is 18.5. The van der Waals surface area contributed by atoms with E-state index >= 15 is 0 Å². The molecule has 13 heteroatoms. The summed E-state index contributed by atoms with van der Waals surface area (Å²) in [6.45, 7) is 5.94. The number of methoxy groups -OCH3 is 1. The molecule has 1 aliphatic heterocycles. The monoisotopic (exact) mass is 468 g/mol. The van der Waals surface area contributed by atoms with Crippen LogP contribution in [0.5, 0.6) is 5.88 Å². The number of fused-ring (bicyclic) bond motifs is 1. The number of hydrogen-bond donors (Lipinski definition) is 3. The summed E-state index contributed by atoms with van der Waals surface area (Å²) in [6, 6.07) is 1.77. The Morgan fingerprint density at radius 2 is 2.03 bits per heavy atom. The first-order valence-corrected chi connectivity index (χ1v) is 11.6. The van der Waals surface area contributed by atoms with Crippen molar-refractivity contribution in [1.29, 1.82) is 0 Å². The van der Waals surface area contributed by atoms with Crippen LogP contribution < -0.4 is 19.9 Å². The summed E-state index contributed by atoms with van der Waals surface area (Å²) >= 11 is 0. The van der Waals surface area contributed by atoms with Crippen LogP contribution in [0.4, 0.5) is 10.6 Å². The summed E-state index contributed by atoms with van der Waals surface area (Å²) in [5, 5.41) is 16.5. The van der Waals surface area contributed by atoms with Crippen LogP contribution in [0, 0.1) is 5.92 Å². The first kappa shape index (κ1) is 23.7. The number of pyridine rings is 1. The van der Waals surface area contributed by atoms with Crippen LogP contribution in [0.2, 0.25) is 0 Å². The van der Waals surface area contributed by atoms with Crippen molar-refractivity contribution < 1.29 is 23.1 Å². The van der Waals surface area contributed by atoms with Crippen molar-refractivity contribution in [3.63, 3.8) is 0 Å². The Morgan fingerprint density at radius 3 is 2.59 bits per heavy atom. The minimum absolute atomic E-state index is 0.0449. The average molecular weight is 469 g/mol. The number of H-pyrrole nitrogens is 1. The van der Waals surface area contributed by atoms with Gasteiger partial charge < -0.3 is 14.7 Å². The molecule has 2 aromatic heterocycles. The van der Waals surface area contributed by atoms with E-state index in [9.17, 15) is 23.1 Å². The number of nitrogens with one attached hydrogen (secondary N) is 2. The van der Waals surface area contributed by atoms with Crippen molar-refractivity contribution in [2.45, 2.75) is 39.2 Å². The summed E-state index contributed by atoms with van der Waals surface area (Å²) in [5.41, 5.74) is -1.48. The fourth-order valence-corrected chi connectivity index (χ4v) is 5.29. The molecule has 1 fully saturated rings. The summed E-state index contributed by atoms with van der Waals surface area (Å²) in [6.07, 6.45) is 1.38. The molecule has 3 N–H and O–H groups in total. The lowest BCUT2D eigenvalue weighted by atomic mass is 9.97. The van der Waals surface area contributed by atoms with Crippen molar-refractivity contribution in [1.82, 2.24) is 24.2 Å². The molecule has 12 nitrogen and oxygen atoms in total. The van der Waals surface area contributed by atoms with E-state index < -0.39 is 21.8 Å². The highest BCUT2D eigenvalue weighted by Crippen LogP contribution is 2.28. The normalized spacial score (nSPS) is 15.7. The van der Waals surface area contributed by atoms with Crippen LogP contribution in [-0.4, -0.2) is 71.4 Å². The number of carboxylic acid groups (broad SMARTS) is 1. The molecule has 0 unspecified atom stereocenters. The van der Waals surface area contributed by atoms with Gasteiger partial charge >= 0.3 is 16.3 Å². The Kier molecular flexibility index (Phi) is 6.60. The molecule has 1 aliphatic rings. The van der Waals surface area contributed by atoms with Crippen molar-refractivity contribution in [2.24, 2.45) is 5.92 Å². The van der Waals surface area contributed by atoms with Crippen molar-refractivity contribution in [3.8, 4) is 5.88 Å². The second-order valence-electron chi connectivity index (χ2n) is 8.65. The zero-order chi connectivity index (χ0) is 23.7. The second-order valence-corrected chi connectivity index (χ2v) is 10.3. The predicted octanol–water partition coefficient (Wildman–Crippen LogP) is 1.16. The lowest BCUT2D eigenvalue weighted by molar-refractivity contribution is 0.145. The Labute approximate surface area is 185 Å². The van der Waals surface area contributed by atoms with E-state index in [1.165, 1.54) is 34.1 Å². The molecule has 0 bridgehead atoms. The van der Waals surface area contributed by atoms with E-state index in [0.717, 1.165) is 0 Å². The van der Waals surface area contributed by atoms with E-state index in [1.54, 1.807) is 6.07 Å². The number of rotatable bonds is 6. The molecule has 0 saturated carbocycles. The van der Waals surface area contributed by atoms with Crippen LogP contribution in [0.15, 0.2) is 17.1 Å². The molecular formula is C19H28N6O6S. The maximum Gasteiger partial charge on any atom is 0.422 e. The third-order valence-corrected chi connectivity index (χ3v) is 7.03. The number of hydrogen-bond acceptors (Lipinski definition) is 8. The van der Waals surface area contributed by atoms with Gasteiger partial charge in [0.1, 0.15) is 11.2 Å². The van der Waals surface area contributed by atoms with Crippen LogP contribution in [0.1, 0.15) is 33.6 Å². The second kappa shape index (κ2) is 8.90. The SMILES string of the molecule is COc1nc(N2CCC(CNS(=O)(=O)N(C(=O)O)C(C)(C)C)CC2)cc2cn[nH]c(=O)c12. The molecule has 0 aliphatic carbocycles. The van der Waals surface area contributed by atoms with Gasteiger partial charge in [-0.2, -0.15) is 27.5 Å². The van der Waals surface area contributed by atoms with Gasteiger partial charge in [0.2, 0.25) is 5.88 Å². The van der Waals surface area contributed by atoms with Crippen LogP contribution in [0.25, 0.3) is 10.8 Å². The van der Waals surface area contributed by atoms with E-state index in [2.05, 4.69) is 19.9 Å². The Bertz CT molecular complexity index is 1150. The Morgan fingerprint density at radius 1 is 1.38 bits per heavy atom. The molecule has 2 aromatic rings. The van der Waals surface area contributed by atoms with Crippen LogP contribution in [0.3, 0.4) is 0 Å². The molecule has 176 valence electrons. The largest absolute Gasteiger partial charge is 0.480 e. The first-order valence-electron chi connectivity index (χ1n) is 10.1. The molecule has 0 spiro atoms. The number of amides is 1. The third-order valence-electron chi connectivity index (χ3n) is 5.31. The number of ether oxygens (including phenoxy) is 1. The minimum atomic E-state index is -4.18. The topological polar surface area (TPSA) is 158 Å². The third kappa shape index (κ3) is 4.93. The number of anilines is 1. The molecule has 1 saturated heterocycles. The fraction of sp³-hybridized carbons (Fsp3) is 0.579. The van der Waals surface area contributed by atoms with Crippen molar-refractivity contribution in [3.05, 3.63) is 22.6 Å². The summed E-state index contributed by atoms with van der Waals surface area (Å²) in [5.74, 6) is 0.904. The maximum absolute atomic E-state index is 12.5. The Balaban J connectivity index is 1.67. The number of aromatic amines is 1. The lowest BCUT2D eigenvalue weighted by Crippen LogP contribution is -2.54. The van der Waals surface area contributed by atoms with Gasteiger partial charge in [0.25, 0.3) is 5.56 Å². The van der Waals surface area contributed by atoms with Gasteiger partial charge in [-0.15, -0.1) is 0 Å². The minimum Gasteiger partial charge on any atom is -0.480 e. The molecule has 3 rings (SSSR count). The van der Waals surface area contributed by atoms with Crippen molar-refractivity contribution >= 4 is 32.9 Å². The highest BCUT2D eigenvalue weighted by atomic mass is 32.2. The first-order chi connectivity index (χ1) is 14.9.